The van der Waals surface area contributed by atoms with Gasteiger partial charge >= 0.3 is 17.9 Å². The van der Waals surface area contributed by atoms with Crippen molar-refractivity contribution in [2.24, 2.45) is 0 Å². The summed E-state index contributed by atoms with van der Waals surface area (Å²) in [5.74, 6) is -0.958. The molecular weight excluding hydrogens is 913 g/mol. The molecule has 1 unspecified atom stereocenters. The average Bonchev–Trinajstić information content (AvgIpc) is 3.40. The largest absolute Gasteiger partial charge is 0.462 e. The van der Waals surface area contributed by atoms with E-state index in [9.17, 15) is 14.4 Å². The maximum atomic E-state index is 12.9. The third-order valence-electron chi connectivity index (χ3n) is 13.3. The van der Waals surface area contributed by atoms with Crippen molar-refractivity contribution >= 4 is 17.9 Å². The van der Waals surface area contributed by atoms with E-state index in [0.717, 1.165) is 96.3 Å². The lowest BCUT2D eigenvalue weighted by molar-refractivity contribution is -0.167. The second-order valence-electron chi connectivity index (χ2n) is 20.6. The second kappa shape index (κ2) is 61.9. The molecule has 0 aliphatic carbocycles. The molecule has 0 aromatic carbocycles. The molecule has 0 aromatic heterocycles. The molecule has 6 nitrogen and oxygen atoms in total. The number of esters is 3. The van der Waals surface area contributed by atoms with Crippen LogP contribution < -0.4 is 0 Å². The van der Waals surface area contributed by atoms with Crippen molar-refractivity contribution < 1.29 is 28.6 Å². The first kappa shape index (κ1) is 70.3. The maximum Gasteiger partial charge on any atom is 0.306 e. The van der Waals surface area contributed by atoms with Gasteiger partial charge in [-0.1, -0.05) is 279 Å². The molecule has 0 saturated carbocycles. The molecule has 0 aliphatic heterocycles. The van der Waals surface area contributed by atoms with Crippen molar-refractivity contribution in [2.45, 2.75) is 303 Å². The Morgan fingerprint density at radius 2 is 0.541 bits per heavy atom. The summed E-state index contributed by atoms with van der Waals surface area (Å²) in [6.45, 7) is 6.48. The van der Waals surface area contributed by atoms with Crippen LogP contribution in [-0.4, -0.2) is 37.2 Å². The SMILES string of the molecule is CC/C=C\C/C=C\C/C=C\C/C=C\C/C=C\C/C=C\C/C=C\CCCC(=O)OCC(COC(=O)CCCCCCC/C=C\CCCCCC)OC(=O)CCCCCCCCCCCCCCCCCCCCCC. The number of carbonyl (C=O) groups is 3. The smallest absolute Gasteiger partial charge is 0.306 e. The normalized spacial score (nSPS) is 12.7. The fourth-order valence-corrected chi connectivity index (χ4v) is 8.66. The lowest BCUT2D eigenvalue weighted by Crippen LogP contribution is -2.30. The highest BCUT2D eigenvalue weighted by molar-refractivity contribution is 5.71. The Labute approximate surface area is 457 Å². The zero-order valence-corrected chi connectivity index (χ0v) is 48.6. The molecular formula is C68H116O6. The zero-order chi connectivity index (χ0) is 53.6. The van der Waals surface area contributed by atoms with Crippen LogP contribution in [0.1, 0.15) is 297 Å². The number of carbonyl (C=O) groups excluding carboxylic acids is 3. The van der Waals surface area contributed by atoms with Crippen LogP contribution in [0.3, 0.4) is 0 Å². The highest BCUT2D eigenvalue weighted by Gasteiger charge is 2.19. The van der Waals surface area contributed by atoms with Gasteiger partial charge in [-0.3, -0.25) is 14.4 Å². The van der Waals surface area contributed by atoms with E-state index in [1.807, 2.05) is 0 Å². The van der Waals surface area contributed by atoms with Crippen LogP contribution in [0.4, 0.5) is 0 Å². The molecule has 74 heavy (non-hydrogen) atoms. The van der Waals surface area contributed by atoms with Crippen LogP contribution in [0, 0.1) is 0 Å². The van der Waals surface area contributed by atoms with Gasteiger partial charge in [0.15, 0.2) is 6.10 Å². The first-order valence-electron chi connectivity index (χ1n) is 31.2. The number of ether oxygens (including phenoxy) is 3. The van der Waals surface area contributed by atoms with Gasteiger partial charge in [-0.25, -0.2) is 0 Å². The third kappa shape index (κ3) is 59.2. The molecule has 0 aliphatic rings. The molecule has 0 spiro atoms. The van der Waals surface area contributed by atoms with Crippen molar-refractivity contribution in [3.05, 3.63) is 97.2 Å². The predicted molar refractivity (Wildman–Crippen MR) is 320 cm³/mol. The minimum atomic E-state index is -0.804. The van der Waals surface area contributed by atoms with Gasteiger partial charge < -0.3 is 14.2 Å². The Balaban J connectivity index is 4.44. The number of unbranched alkanes of at least 4 members (excludes halogenated alkanes) is 29. The predicted octanol–water partition coefficient (Wildman–Crippen LogP) is 21.3. The van der Waals surface area contributed by atoms with Gasteiger partial charge in [-0.2, -0.15) is 0 Å². The average molecular weight is 1030 g/mol. The summed E-state index contributed by atoms with van der Waals surface area (Å²) in [4.78, 5) is 38.2. The molecule has 0 saturated heterocycles. The van der Waals surface area contributed by atoms with E-state index in [-0.39, 0.29) is 37.5 Å². The summed E-state index contributed by atoms with van der Waals surface area (Å²) >= 11 is 0. The van der Waals surface area contributed by atoms with Gasteiger partial charge in [-0.05, 0) is 96.3 Å². The van der Waals surface area contributed by atoms with E-state index in [4.69, 9.17) is 14.2 Å². The van der Waals surface area contributed by atoms with Crippen LogP contribution in [0.15, 0.2) is 97.2 Å². The monoisotopic (exact) mass is 1030 g/mol. The molecule has 0 N–H and O–H groups in total. The number of allylic oxidation sites excluding steroid dienone is 16. The maximum absolute atomic E-state index is 12.9. The summed E-state index contributed by atoms with van der Waals surface area (Å²) in [7, 11) is 0. The Kier molecular flexibility index (Phi) is 58.8. The Morgan fingerprint density at radius 3 is 0.905 bits per heavy atom. The number of hydrogen-bond donors (Lipinski definition) is 0. The van der Waals surface area contributed by atoms with Gasteiger partial charge in [0, 0.05) is 19.3 Å². The first-order chi connectivity index (χ1) is 36.5. The molecule has 424 valence electrons. The Bertz CT molecular complexity index is 1460. The first-order valence-corrected chi connectivity index (χ1v) is 31.2. The third-order valence-corrected chi connectivity index (χ3v) is 13.3. The van der Waals surface area contributed by atoms with Crippen LogP contribution in [0.25, 0.3) is 0 Å². The molecule has 0 radical (unpaired) electrons. The Morgan fingerprint density at radius 1 is 0.284 bits per heavy atom. The van der Waals surface area contributed by atoms with Crippen molar-refractivity contribution in [3.8, 4) is 0 Å². The van der Waals surface area contributed by atoms with Crippen molar-refractivity contribution in [2.75, 3.05) is 13.2 Å². The van der Waals surface area contributed by atoms with Crippen molar-refractivity contribution in [1.29, 1.82) is 0 Å². The van der Waals surface area contributed by atoms with Crippen LogP contribution in [0.5, 0.6) is 0 Å². The molecule has 6 heteroatoms. The highest BCUT2D eigenvalue weighted by atomic mass is 16.6. The summed E-state index contributed by atoms with van der Waals surface area (Å²) in [6, 6.07) is 0. The summed E-state index contributed by atoms with van der Waals surface area (Å²) in [6.07, 6.45) is 82.7. The van der Waals surface area contributed by atoms with E-state index in [1.54, 1.807) is 0 Å². The van der Waals surface area contributed by atoms with E-state index >= 15 is 0 Å². The van der Waals surface area contributed by atoms with Crippen LogP contribution >= 0.6 is 0 Å². The van der Waals surface area contributed by atoms with E-state index in [0.29, 0.717) is 19.3 Å². The van der Waals surface area contributed by atoms with Gasteiger partial charge in [-0.15, -0.1) is 0 Å². The van der Waals surface area contributed by atoms with E-state index in [1.165, 1.54) is 154 Å². The topological polar surface area (TPSA) is 78.9 Å². The molecule has 0 amide bonds. The fourth-order valence-electron chi connectivity index (χ4n) is 8.66. The summed E-state index contributed by atoms with van der Waals surface area (Å²) in [5, 5.41) is 0. The molecule has 0 aromatic rings. The lowest BCUT2D eigenvalue weighted by Gasteiger charge is -2.18. The minimum absolute atomic E-state index is 0.0980. The summed E-state index contributed by atoms with van der Waals surface area (Å²) < 4.78 is 16.9. The van der Waals surface area contributed by atoms with Crippen LogP contribution in [-0.2, 0) is 28.6 Å². The summed E-state index contributed by atoms with van der Waals surface area (Å²) in [5.41, 5.74) is 0. The lowest BCUT2D eigenvalue weighted by atomic mass is 10.0. The van der Waals surface area contributed by atoms with Crippen molar-refractivity contribution in [3.63, 3.8) is 0 Å². The quantitative estimate of drug-likeness (QED) is 0.0261. The van der Waals surface area contributed by atoms with Crippen LogP contribution in [0.2, 0.25) is 0 Å². The molecule has 0 bridgehead atoms. The van der Waals surface area contributed by atoms with Crippen molar-refractivity contribution in [1.82, 2.24) is 0 Å². The second-order valence-corrected chi connectivity index (χ2v) is 20.6. The molecule has 0 rings (SSSR count). The Hall–Kier alpha value is -3.67. The molecule has 0 heterocycles. The van der Waals surface area contributed by atoms with Gasteiger partial charge in [0.05, 0.1) is 0 Å². The zero-order valence-electron chi connectivity index (χ0n) is 48.6. The standard InChI is InChI=1S/C68H116O6/c1-4-7-10-13-16-19-22-25-27-29-31-33-34-35-37-38-40-43-46-49-52-55-58-61-67(70)73-64-65(63-72-66(69)60-57-54-51-48-45-42-24-21-18-15-12-9-6-3)74-68(71)62-59-56-53-50-47-44-41-39-36-32-30-28-26-23-20-17-14-11-8-5-2/h7,10,16,19,21,24-25,27,31,33,35,37,40,43,49,52,65H,4-6,8-9,11-15,17-18,20,22-23,26,28-30,32,34,36,38-39,41-42,44-48,50-51,53-64H2,1-3H3/b10-7-,19-16-,24-21-,27-25-,33-31-,37-35-,43-40-,52-49-. The van der Waals surface area contributed by atoms with E-state index < -0.39 is 6.10 Å². The number of hydrogen-bond acceptors (Lipinski definition) is 6. The molecule has 0 fully saturated rings. The molecule has 1 atom stereocenters. The fraction of sp³-hybridized carbons (Fsp3) is 0.721. The van der Waals surface area contributed by atoms with Gasteiger partial charge in [0.2, 0.25) is 0 Å². The highest BCUT2D eigenvalue weighted by Crippen LogP contribution is 2.16. The van der Waals surface area contributed by atoms with Gasteiger partial charge in [0.25, 0.3) is 0 Å². The van der Waals surface area contributed by atoms with E-state index in [2.05, 4.69) is 118 Å². The van der Waals surface area contributed by atoms with Gasteiger partial charge in [0.1, 0.15) is 13.2 Å². The minimum Gasteiger partial charge on any atom is -0.462 e. The number of rotatable bonds is 56.